The normalized spacial score (nSPS) is 28.4. The van der Waals surface area contributed by atoms with Crippen LogP contribution in [0.15, 0.2) is 0 Å². The molecule has 78 valence electrons. The van der Waals surface area contributed by atoms with Crippen molar-refractivity contribution >= 4 is 0 Å². The van der Waals surface area contributed by atoms with Crippen molar-refractivity contribution in [3.8, 4) is 0 Å². The fourth-order valence-corrected chi connectivity index (χ4v) is 1.88. The Morgan fingerprint density at radius 1 is 1.64 bits per heavy atom. The number of nitrogens with zero attached hydrogens (tertiary/aromatic N) is 4. The van der Waals surface area contributed by atoms with Crippen LogP contribution in [0.4, 0.5) is 0 Å². The SMILES string of the molecule is CC1(CN)CCN(Cc2nn[nH]n2)C1. The predicted molar refractivity (Wildman–Crippen MR) is 51.2 cm³/mol. The van der Waals surface area contributed by atoms with E-state index in [9.17, 15) is 0 Å². The lowest BCUT2D eigenvalue weighted by molar-refractivity contribution is 0.269. The molecule has 0 amide bonds. The molecule has 0 saturated carbocycles. The van der Waals surface area contributed by atoms with E-state index in [2.05, 4.69) is 32.4 Å². The van der Waals surface area contributed by atoms with Crippen LogP contribution in [0.3, 0.4) is 0 Å². The summed E-state index contributed by atoms with van der Waals surface area (Å²) in [5, 5.41) is 13.9. The molecule has 0 aromatic carbocycles. The number of aromatic nitrogens is 4. The van der Waals surface area contributed by atoms with Gasteiger partial charge in [0.25, 0.3) is 0 Å². The lowest BCUT2D eigenvalue weighted by Gasteiger charge is -2.21. The topological polar surface area (TPSA) is 83.7 Å². The Morgan fingerprint density at radius 3 is 3.07 bits per heavy atom. The molecule has 1 fully saturated rings. The Labute approximate surface area is 82.9 Å². The second-order valence-electron chi connectivity index (χ2n) is 4.30. The Bertz CT molecular complexity index is 284. The molecule has 1 aromatic heterocycles. The van der Waals surface area contributed by atoms with E-state index in [0.717, 1.165) is 38.4 Å². The van der Waals surface area contributed by atoms with Crippen LogP contribution in [0, 0.1) is 5.41 Å². The molecule has 0 aliphatic carbocycles. The first kappa shape index (κ1) is 9.54. The Balaban J connectivity index is 1.90. The number of nitrogens with one attached hydrogen (secondary N) is 1. The van der Waals surface area contributed by atoms with Crippen molar-refractivity contribution in [1.29, 1.82) is 0 Å². The summed E-state index contributed by atoms with van der Waals surface area (Å²) in [6.07, 6.45) is 1.15. The number of hydrogen-bond donors (Lipinski definition) is 2. The average molecular weight is 196 g/mol. The van der Waals surface area contributed by atoms with Crippen molar-refractivity contribution in [3.05, 3.63) is 5.82 Å². The summed E-state index contributed by atoms with van der Waals surface area (Å²) in [4.78, 5) is 2.32. The molecule has 6 nitrogen and oxygen atoms in total. The van der Waals surface area contributed by atoms with Crippen LogP contribution in [0.5, 0.6) is 0 Å². The van der Waals surface area contributed by atoms with E-state index in [1.165, 1.54) is 0 Å². The number of tetrazole rings is 1. The Morgan fingerprint density at radius 2 is 2.50 bits per heavy atom. The minimum atomic E-state index is 0.268. The minimum Gasteiger partial charge on any atom is -0.330 e. The van der Waals surface area contributed by atoms with Crippen molar-refractivity contribution in [2.24, 2.45) is 11.1 Å². The van der Waals surface area contributed by atoms with Gasteiger partial charge in [-0.1, -0.05) is 12.1 Å². The molecule has 0 radical (unpaired) electrons. The van der Waals surface area contributed by atoms with Crippen molar-refractivity contribution in [2.45, 2.75) is 19.9 Å². The number of rotatable bonds is 3. The van der Waals surface area contributed by atoms with E-state index in [-0.39, 0.29) is 5.41 Å². The maximum absolute atomic E-state index is 5.73. The van der Waals surface area contributed by atoms with E-state index in [0.29, 0.717) is 0 Å². The third-order valence-electron chi connectivity index (χ3n) is 2.88. The molecule has 1 saturated heterocycles. The number of H-pyrrole nitrogens is 1. The highest BCUT2D eigenvalue weighted by Crippen LogP contribution is 2.28. The fourth-order valence-electron chi connectivity index (χ4n) is 1.88. The second-order valence-corrected chi connectivity index (χ2v) is 4.30. The van der Waals surface area contributed by atoms with E-state index in [1.54, 1.807) is 0 Å². The summed E-state index contributed by atoms with van der Waals surface area (Å²) in [6, 6.07) is 0. The molecule has 1 atom stereocenters. The minimum absolute atomic E-state index is 0.268. The average Bonchev–Trinajstić information content (AvgIpc) is 2.78. The highest BCUT2D eigenvalue weighted by atomic mass is 15.5. The highest BCUT2D eigenvalue weighted by Gasteiger charge is 2.32. The van der Waals surface area contributed by atoms with Crippen molar-refractivity contribution in [2.75, 3.05) is 19.6 Å². The van der Waals surface area contributed by atoms with Crippen LogP contribution in [-0.4, -0.2) is 45.2 Å². The van der Waals surface area contributed by atoms with E-state index >= 15 is 0 Å². The first-order chi connectivity index (χ1) is 6.72. The van der Waals surface area contributed by atoms with Crippen LogP contribution in [0.25, 0.3) is 0 Å². The monoisotopic (exact) mass is 196 g/mol. The van der Waals surface area contributed by atoms with Gasteiger partial charge in [0, 0.05) is 6.54 Å². The van der Waals surface area contributed by atoms with Crippen LogP contribution in [-0.2, 0) is 6.54 Å². The van der Waals surface area contributed by atoms with Crippen LogP contribution in [0.2, 0.25) is 0 Å². The number of likely N-dealkylation sites (tertiary alicyclic amines) is 1. The molecule has 0 bridgehead atoms. The smallest absolute Gasteiger partial charge is 0.188 e. The van der Waals surface area contributed by atoms with Gasteiger partial charge >= 0.3 is 0 Å². The summed E-state index contributed by atoms with van der Waals surface area (Å²) in [5.41, 5.74) is 5.99. The first-order valence-corrected chi connectivity index (χ1v) is 4.87. The maximum Gasteiger partial charge on any atom is 0.188 e. The third kappa shape index (κ3) is 1.91. The van der Waals surface area contributed by atoms with Gasteiger partial charge in [0.1, 0.15) is 0 Å². The zero-order valence-corrected chi connectivity index (χ0v) is 8.40. The highest BCUT2D eigenvalue weighted by molar-refractivity contribution is 4.89. The van der Waals surface area contributed by atoms with Crippen LogP contribution >= 0.6 is 0 Å². The predicted octanol–water partition coefficient (Wildman–Crippen LogP) is -0.630. The summed E-state index contributed by atoms with van der Waals surface area (Å²) in [5.74, 6) is 0.756. The van der Waals surface area contributed by atoms with Crippen LogP contribution < -0.4 is 5.73 Å². The number of aromatic amines is 1. The molecule has 1 aliphatic rings. The molecule has 1 unspecified atom stereocenters. The third-order valence-corrected chi connectivity index (χ3v) is 2.88. The Kier molecular flexibility index (Phi) is 2.47. The summed E-state index contributed by atoms with van der Waals surface area (Å²) < 4.78 is 0. The lowest BCUT2D eigenvalue weighted by atomic mass is 9.90. The summed E-state index contributed by atoms with van der Waals surface area (Å²) in [7, 11) is 0. The standard InChI is InChI=1S/C8H16N6/c1-8(5-9)2-3-14(6-8)4-7-10-12-13-11-7/h2-6,9H2,1H3,(H,10,11,12,13). The van der Waals surface area contributed by atoms with E-state index in [1.807, 2.05) is 0 Å². The van der Waals surface area contributed by atoms with Crippen molar-refractivity contribution in [3.63, 3.8) is 0 Å². The molecular weight excluding hydrogens is 180 g/mol. The number of hydrogen-bond acceptors (Lipinski definition) is 5. The summed E-state index contributed by atoms with van der Waals surface area (Å²) in [6.45, 7) is 5.84. The van der Waals surface area contributed by atoms with Gasteiger partial charge in [-0.05, 0) is 24.9 Å². The van der Waals surface area contributed by atoms with Gasteiger partial charge < -0.3 is 5.73 Å². The van der Waals surface area contributed by atoms with Crippen LogP contribution in [0.1, 0.15) is 19.2 Å². The van der Waals surface area contributed by atoms with Gasteiger partial charge in [-0.15, -0.1) is 10.2 Å². The molecule has 14 heavy (non-hydrogen) atoms. The largest absolute Gasteiger partial charge is 0.330 e. The first-order valence-electron chi connectivity index (χ1n) is 4.87. The molecule has 1 aliphatic heterocycles. The second kappa shape index (κ2) is 3.62. The zero-order chi connectivity index (χ0) is 10.0. The summed E-state index contributed by atoms with van der Waals surface area (Å²) >= 11 is 0. The van der Waals surface area contributed by atoms with Gasteiger partial charge in [-0.25, -0.2) is 0 Å². The zero-order valence-electron chi connectivity index (χ0n) is 8.40. The molecule has 3 N–H and O–H groups in total. The molecule has 2 rings (SSSR count). The molecular formula is C8H16N6. The Hall–Kier alpha value is -1.01. The molecule has 0 spiro atoms. The van der Waals surface area contributed by atoms with Gasteiger partial charge in [0.2, 0.25) is 0 Å². The fraction of sp³-hybridized carbons (Fsp3) is 0.875. The van der Waals surface area contributed by atoms with Gasteiger partial charge in [0.05, 0.1) is 6.54 Å². The van der Waals surface area contributed by atoms with Gasteiger partial charge in [0.15, 0.2) is 5.82 Å². The lowest BCUT2D eigenvalue weighted by Crippen LogP contribution is -2.31. The number of nitrogens with two attached hydrogens (primary N) is 1. The molecule has 2 heterocycles. The van der Waals surface area contributed by atoms with Crippen molar-refractivity contribution < 1.29 is 0 Å². The van der Waals surface area contributed by atoms with E-state index in [4.69, 9.17) is 5.73 Å². The molecule has 1 aromatic rings. The molecule has 6 heteroatoms. The van der Waals surface area contributed by atoms with Crippen molar-refractivity contribution in [1.82, 2.24) is 25.5 Å². The quantitative estimate of drug-likeness (QED) is 0.672. The van der Waals surface area contributed by atoms with Gasteiger partial charge in [-0.2, -0.15) is 5.21 Å². The maximum atomic E-state index is 5.73. The van der Waals surface area contributed by atoms with E-state index < -0.39 is 0 Å². The van der Waals surface area contributed by atoms with Gasteiger partial charge in [-0.3, -0.25) is 4.90 Å².